The van der Waals surface area contributed by atoms with Crippen LogP contribution in [-0.4, -0.2) is 33.6 Å². The van der Waals surface area contributed by atoms with E-state index < -0.39 is 16.0 Å². The third kappa shape index (κ3) is 4.91. The van der Waals surface area contributed by atoms with Gasteiger partial charge < -0.3 is 10.1 Å². The first-order valence-corrected chi connectivity index (χ1v) is 9.44. The van der Waals surface area contributed by atoms with Crippen molar-refractivity contribution in [1.82, 2.24) is 0 Å². The predicted octanol–water partition coefficient (Wildman–Crippen LogP) is 2.95. The monoisotopic (exact) mass is 389 g/mol. The molecule has 0 heterocycles. The van der Waals surface area contributed by atoms with Gasteiger partial charge in [0.15, 0.2) is 0 Å². The van der Waals surface area contributed by atoms with Crippen molar-refractivity contribution in [3.05, 3.63) is 48.0 Å². The topological polar surface area (TPSA) is 114 Å². The Morgan fingerprint density at radius 2 is 1.81 bits per heavy atom. The summed E-state index contributed by atoms with van der Waals surface area (Å²) in [6, 6.07) is 10.2. The number of hydrogen-bond acceptors (Lipinski definition) is 6. The largest absolute Gasteiger partial charge is 0.462 e. The molecular formula is C18H19N3O5S. The number of aliphatic imine (C=N–C) groups is 1. The molecule has 0 bridgehead atoms. The fraction of sp³-hybridized carbons (Fsp3) is 0.167. The van der Waals surface area contributed by atoms with Gasteiger partial charge in [-0.15, -0.1) is 0 Å². The molecule has 2 aromatic carbocycles. The number of benzene rings is 2. The van der Waals surface area contributed by atoms with Gasteiger partial charge >= 0.3 is 5.97 Å². The highest BCUT2D eigenvalue weighted by Crippen LogP contribution is 2.33. The number of nitrogens with zero attached hydrogens (tertiary/aromatic N) is 1. The molecule has 2 aromatic rings. The van der Waals surface area contributed by atoms with Crippen LogP contribution in [0.1, 0.15) is 24.2 Å². The predicted molar refractivity (Wildman–Crippen MR) is 103 cm³/mol. The lowest BCUT2D eigenvalue weighted by Crippen LogP contribution is -2.14. The Balaban J connectivity index is 2.33. The third-order valence-electron chi connectivity index (χ3n) is 3.41. The van der Waals surface area contributed by atoms with Crippen LogP contribution in [0.5, 0.6) is 0 Å². The van der Waals surface area contributed by atoms with Crippen molar-refractivity contribution in [2.24, 2.45) is 4.99 Å². The summed E-state index contributed by atoms with van der Waals surface area (Å²) in [5.74, 6) is -0.856. The van der Waals surface area contributed by atoms with Gasteiger partial charge in [-0.25, -0.2) is 13.2 Å². The maximum absolute atomic E-state index is 12.7. The van der Waals surface area contributed by atoms with Crippen molar-refractivity contribution in [1.29, 1.82) is 0 Å². The van der Waals surface area contributed by atoms with Gasteiger partial charge in [0.05, 0.1) is 17.9 Å². The normalized spacial score (nSPS) is 10.7. The number of nitrogens with one attached hydrogen (secondary N) is 2. The van der Waals surface area contributed by atoms with Crippen molar-refractivity contribution in [3.8, 4) is 0 Å². The molecule has 0 atom stereocenters. The van der Waals surface area contributed by atoms with E-state index in [1.54, 1.807) is 6.92 Å². The quantitative estimate of drug-likeness (QED) is 0.558. The highest BCUT2D eigenvalue weighted by Gasteiger charge is 2.21. The smallest absolute Gasteiger partial charge is 0.338 e. The molecule has 2 N–H and O–H groups in total. The Hall–Kier alpha value is -3.20. The molecule has 0 spiro atoms. The zero-order chi connectivity index (χ0) is 20.0. The maximum Gasteiger partial charge on any atom is 0.338 e. The number of hydrogen-bond donors (Lipinski definition) is 2. The Bertz CT molecular complexity index is 969. The van der Waals surface area contributed by atoms with Gasteiger partial charge in [0.25, 0.3) is 10.0 Å². The van der Waals surface area contributed by atoms with Crippen LogP contribution in [0.2, 0.25) is 0 Å². The summed E-state index contributed by atoms with van der Waals surface area (Å²) < 4.78 is 32.8. The molecule has 9 heteroatoms. The van der Waals surface area contributed by atoms with E-state index in [2.05, 4.69) is 21.7 Å². The van der Waals surface area contributed by atoms with Crippen LogP contribution < -0.4 is 10.0 Å². The summed E-state index contributed by atoms with van der Waals surface area (Å²) in [6.45, 7) is 6.63. The van der Waals surface area contributed by atoms with Gasteiger partial charge in [-0.05, 0) is 50.0 Å². The van der Waals surface area contributed by atoms with Crippen molar-refractivity contribution < 1.29 is 22.7 Å². The number of esters is 1. The summed E-state index contributed by atoms with van der Waals surface area (Å²) in [5.41, 5.74) is 0.824. The second-order valence-corrected chi connectivity index (χ2v) is 7.05. The number of amides is 1. The summed E-state index contributed by atoms with van der Waals surface area (Å²) >= 11 is 0. The summed E-state index contributed by atoms with van der Waals surface area (Å²) in [5, 5.41) is 2.52. The van der Waals surface area contributed by atoms with Gasteiger partial charge in [-0.1, -0.05) is 6.07 Å². The lowest BCUT2D eigenvalue weighted by atomic mass is 10.2. The van der Waals surface area contributed by atoms with E-state index >= 15 is 0 Å². The molecule has 0 unspecified atom stereocenters. The molecule has 1 amide bonds. The van der Waals surface area contributed by atoms with Crippen LogP contribution in [0.15, 0.2) is 52.4 Å². The van der Waals surface area contributed by atoms with Gasteiger partial charge in [-0.3, -0.25) is 14.5 Å². The lowest BCUT2D eigenvalue weighted by molar-refractivity contribution is -0.114. The third-order valence-corrected chi connectivity index (χ3v) is 4.82. The van der Waals surface area contributed by atoms with Crippen LogP contribution in [0.25, 0.3) is 0 Å². The van der Waals surface area contributed by atoms with E-state index in [-0.39, 0.29) is 34.5 Å². The molecule has 0 aromatic heterocycles. The minimum atomic E-state index is -4.01. The highest BCUT2D eigenvalue weighted by atomic mass is 32.2. The van der Waals surface area contributed by atoms with E-state index in [4.69, 9.17) is 4.74 Å². The fourth-order valence-electron chi connectivity index (χ4n) is 2.29. The molecule has 0 aliphatic heterocycles. The molecule has 0 saturated carbocycles. The Morgan fingerprint density at radius 3 is 2.37 bits per heavy atom. The number of carbonyl (C=O) groups excluding carboxylic acids is 2. The van der Waals surface area contributed by atoms with Crippen LogP contribution in [0, 0.1) is 0 Å². The molecule has 142 valence electrons. The second kappa shape index (κ2) is 8.45. The molecule has 8 nitrogen and oxygen atoms in total. The number of para-hydroxylation sites is 1. The summed E-state index contributed by atoms with van der Waals surface area (Å²) in [6.07, 6.45) is 0. The van der Waals surface area contributed by atoms with E-state index in [0.29, 0.717) is 5.56 Å². The minimum absolute atomic E-state index is 0.0309. The molecule has 0 saturated heterocycles. The average molecular weight is 389 g/mol. The molecule has 0 fully saturated rings. The van der Waals surface area contributed by atoms with Crippen molar-refractivity contribution in [2.45, 2.75) is 18.7 Å². The first-order valence-electron chi connectivity index (χ1n) is 7.95. The van der Waals surface area contributed by atoms with Gasteiger partial charge in [0.2, 0.25) is 5.91 Å². The summed E-state index contributed by atoms with van der Waals surface area (Å²) in [4.78, 5) is 26.6. The Morgan fingerprint density at radius 1 is 1.15 bits per heavy atom. The minimum Gasteiger partial charge on any atom is -0.462 e. The standard InChI is InChI=1S/C18H19N3O5S/c1-4-26-18(23)13-8-10-14(11-9-13)21-27(24,25)16-7-5-6-15(17(16)19-3)20-12(2)22/h5-11,21H,3-4H2,1-2H3,(H,20,22). The first-order chi connectivity index (χ1) is 12.8. The first kappa shape index (κ1) is 20.1. The SMILES string of the molecule is C=Nc1c(NC(C)=O)cccc1S(=O)(=O)Nc1ccc(C(=O)OCC)cc1. The van der Waals surface area contributed by atoms with Crippen molar-refractivity contribution in [3.63, 3.8) is 0 Å². The van der Waals surface area contributed by atoms with Crippen LogP contribution in [-0.2, 0) is 19.6 Å². The lowest BCUT2D eigenvalue weighted by Gasteiger charge is -2.13. The van der Waals surface area contributed by atoms with Gasteiger partial charge in [0, 0.05) is 12.6 Å². The number of carbonyl (C=O) groups is 2. The molecule has 27 heavy (non-hydrogen) atoms. The Kier molecular flexibility index (Phi) is 6.30. The number of ether oxygens (including phenoxy) is 1. The van der Waals surface area contributed by atoms with E-state index in [1.165, 1.54) is 49.4 Å². The van der Waals surface area contributed by atoms with Crippen molar-refractivity contribution >= 4 is 45.7 Å². The number of anilines is 2. The van der Waals surface area contributed by atoms with Gasteiger partial charge in [-0.2, -0.15) is 0 Å². The maximum atomic E-state index is 12.7. The summed E-state index contributed by atoms with van der Waals surface area (Å²) in [7, 11) is -4.01. The molecule has 2 rings (SSSR count). The van der Waals surface area contributed by atoms with Crippen LogP contribution in [0.3, 0.4) is 0 Å². The molecule has 0 radical (unpaired) electrons. The number of rotatable bonds is 7. The van der Waals surface area contributed by atoms with E-state index in [9.17, 15) is 18.0 Å². The zero-order valence-electron chi connectivity index (χ0n) is 14.9. The van der Waals surface area contributed by atoms with Crippen LogP contribution >= 0.6 is 0 Å². The van der Waals surface area contributed by atoms with Crippen LogP contribution in [0.4, 0.5) is 17.1 Å². The van der Waals surface area contributed by atoms with Gasteiger partial charge in [0.1, 0.15) is 10.6 Å². The van der Waals surface area contributed by atoms with E-state index in [0.717, 1.165) is 0 Å². The molecular weight excluding hydrogens is 370 g/mol. The molecule has 0 aliphatic rings. The highest BCUT2D eigenvalue weighted by molar-refractivity contribution is 7.92. The second-order valence-electron chi connectivity index (χ2n) is 5.39. The molecule has 0 aliphatic carbocycles. The average Bonchev–Trinajstić information content (AvgIpc) is 2.61. The fourth-order valence-corrected chi connectivity index (χ4v) is 3.53. The zero-order valence-corrected chi connectivity index (χ0v) is 15.7. The number of sulfonamides is 1. The Labute approximate surface area is 157 Å². The van der Waals surface area contributed by atoms with E-state index in [1.807, 2.05) is 0 Å². The van der Waals surface area contributed by atoms with Crippen molar-refractivity contribution in [2.75, 3.05) is 16.6 Å².